The number of nitrogens with zero attached hydrogens (tertiary/aromatic N) is 2. The van der Waals surface area contributed by atoms with Crippen LogP contribution in [-0.4, -0.2) is 45.0 Å². The Morgan fingerprint density at radius 2 is 2.29 bits per heavy atom. The molecule has 1 unspecified atom stereocenters. The van der Waals surface area contributed by atoms with Crippen molar-refractivity contribution in [2.24, 2.45) is 0 Å². The van der Waals surface area contributed by atoms with Crippen molar-refractivity contribution in [1.29, 1.82) is 5.53 Å². The van der Waals surface area contributed by atoms with E-state index in [2.05, 4.69) is 4.79 Å². The average Bonchev–Trinajstić information content (AvgIpc) is 2.49. The maximum atomic E-state index is 11.5. The summed E-state index contributed by atoms with van der Waals surface area (Å²) in [7, 11) is 0. The average molecular weight is 198 g/mol. The molecule has 1 amide bonds. The van der Waals surface area contributed by atoms with Crippen LogP contribution in [-0.2, 0) is 4.79 Å². The number of hydrogen-bond acceptors (Lipinski definition) is 3. The summed E-state index contributed by atoms with van der Waals surface area (Å²) in [6, 6.07) is 0. The normalized spacial score (nSPS) is 25.6. The number of rotatable bonds is 2. The van der Waals surface area contributed by atoms with E-state index in [-0.39, 0.29) is 0 Å². The van der Waals surface area contributed by atoms with Gasteiger partial charge < -0.3 is 5.11 Å². The molecular weight excluding hydrogens is 186 g/mol. The zero-order chi connectivity index (χ0) is 10.8. The molecule has 0 saturated carbocycles. The Labute approximate surface area is 80.7 Å². The molecule has 0 radical (unpaired) electrons. The van der Waals surface area contributed by atoms with Gasteiger partial charge in [0.15, 0.2) is 0 Å². The number of carbonyl (C=O) groups is 2. The molecule has 6 nitrogen and oxygen atoms in total. The molecule has 1 aliphatic rings. The smallest absolute Gasteiger partial charge is 0.408 e. The fourth-order valence-electron chi connectivity index (χ4n) is 1.72. The standard InChI is InChI=1S/C8H11N3O3/c1-8(6(12)5-10-9)3-2-4-11(8)7(13)14/h5,9H,2-4H2,1H3/p+1. The van der Waals surface area contributed by atoms with Crippen LogP contribution in [0, 0.1) is 5.53 Å². The maximum absolute atomic E-state index is 11.5. The molecule has 6 heteroatoms. The van der Waals surface area contributed by atoms with E-state index in [1.54, 1.807) is 6.92 Å². The molecule has 1 aliphatic heterocycles. The summed E-state index contributed by atoms with van der Waals surface area (Å²) in [4.78, 5) is 26.3. The monoisotopic (exact) mass is 198 g/mol. The summed E-state index contributed by atoms with van der Waals surface area (Å²) in [5.41, 5.74) is 5.51. The first-order chi connectivity index (χ1) is 6.52. The van der Waals surface area contributed by atoms with E-state index < -0.39 is 17.4 Å². The van der Waals surface area contributed by atoms with Gasteiger partial charge in [-0.05, 0) is 19.8 Å². The zero-order valence-electron chi connectivity index (χ0n) is 7.86. The first-order valence-electron chi connectivity index (χ1n) is 4.27. The zero-order valence-corrected chi connectivity index (χ0v) is 7.86. The highest BCUT2D eigenvalue weighted by Crippen LogP contribution is 2.29. The first-order valence-corrected chi connectivity index (χ1v) is 4.27. The molecule has 0 aromatic rings. The van der Waals surface area contributed by atoms with Gasteiger partial charge in [-0.15, -0.1) is 0 Å². The number of carbonyl (C=O) groups excluding carboxylic acids is 1. The van der Waals surface area contributed by atoms with Crippen molar-refractivity contribution in [3.8, 4) is 0 Å². The quantitative estimate of drug-likeness (QED) is 0.382. The summed E-state index contributed by atoms with van der Waals surface area (Å²) in [5.74, 6) is -0.424. The molecule has 1 saturated heterocycles. The number of hydrogen-bond donors (Lipinski definition) is 2. The van der Waals surface area contributed by atoms with Gasteiger partial charge >= 0.3 is 12.3 Å². The highest BCUT2D eigenvalue weighted by atomic mass is 16.4. The SMILES string of the molecule is CC1(C(=O)C=[N+]=N)CCCN1C(=O)O. The minimum absolute atomic E-state index is 0.364. The van der Waals surface area contributed by atoms with Crippen LogP contribution in [0.1, 0.15) is 19.8 Å². The van der Waals surface area contributed by atoms with Crippen LogP contribution in [0.5, 0.6) is 0 Å². The lowest BCUT2D eigenvalue weighted by molar-refractivity contribution is -0.137. The molecule has 1 atom stereocenters. The van der Waals surface area contributed by atoms with E-state index in [0.717, 1.165) is 11.1 Å². The lowest BCUT2D eigenvalue weighted by Crippen LogP contribution is -2.50. The van der Waals surface area contributed by atoms with Crippen LogP contribution in [0.15, 0.2) is 0 Å². The van der Waals surface area contributed by atoms with Crippen molar-refractivity contribution < 1.29 is 19.5 Å². The van der Waals surface area contributed by atoms with Crippen LogP contribution in [0.25, 0.3) is 0 Å². The van der Waals surface area contributed by atoms with Crippen molar-refractivity contribution >= 4 is 18.1 Å². The molecule has 0 spiro atoms. The van der Waals surface area contributed by atoms with Crippen LogP contribution in [0.3, 0.4) is 0 Å². The van der Waals surface area contributed by atoms with Crippen LogP contribution < -0.4 is 0 Å². The summed E-state index contributed by atoms with van der Waals surface area (Å²) in [6.07, 6.45) is 0.919. The molecule has 1 fully saturated rings. The Balaban J connectivity index is 2.97. The number of nitrogens with one attached hydrogen (secondary N) is 1. The van der Waals surface area contributed by atoms with Gasteiger partial charge in [0.1, 0.15) is 5.54 Å². The topological polar surface area (TPSA) is 95.6 Å². The molecule has 1 heterocycles. The number of ketones is 1. The van der Waals surface area contributed by atoms with Crippen molar-refractivity contribution in [1.82, 2.24) is 4.90 Å². The third-order valence-corrected chi connectivity index (χ3v) is 2.58. The summed E-state index contributed by atoms with van der Waals surface area (Å²) < 4.78 is 0. The third-order valence-electron chi connectivity index (χ3n) is 2.58. The fourth-order valence-corrected chi connectivity index (χ4v) is 1.72. The Bertz CT molecular complexity index is 322. The third kappa shape index (κ3) is 1.52. The van der Waals surface area contributed by atoms with E-state index in [1.165, 1.54) is 0 Å². The van der Waals surface area contributed by atoms with Gasteiger partial charge in [0, 0.05) is 6.54 Å². The number of amides is 1. The van der Waals surface area contributed by atoms with E-state index in [0.29, 0.717) is 19.4 Å². The lowest BCUT2D eigenvalue weighted by Gasteiger charge is -2.28. The first kappa shape index (κ1) is 10.4. The second-order valence-corrected chi connectivity index (χ2v) is 3.43. The molecule has 1 rings (SSSR count). The fraction of sp³-hybridized carbons (Fsp3) is 0.625. The van der Waals surface area contributed by atoms with Gasteiger partial charge in [-0.1, -0.05) is 0 Å². The highest BCUT2D eigenvalue weighted by molar-refractivity contribution is 6.29. The van der Waals surface area contributed by atoms with E-state index in [1.807, 2.05) is 0 Å². The molecule has 0 bridgehead atoms. The minimum Gasteiger partial charge on any atom is -0.465 e. The molecule has 14 heavy (non-hydrogen) atoms. The molecule has 76 valence electrons. The summed E-state index contributed by atoms with van der Waals surface area (Å²) in [5, 5.41) is 8.85. The van der Waals surface area contributed by atoms with Gasteiger partial charge in [-0.3, -0.25) is 9.69 Å². The predicted octanol–water partition coefficient (Wildman–Crippen LogP) is 0.398. The number of likely N-dealkylation sites (tertiary alicyclic amines) is 1. The molecule has 0 aromatic carbocycles. The Morgan fingerprint density at radius 3 is 2.79 bits per heavy atom. The highest BCUT2D eigenvalue weighted by Gasteiger charge is 2.46. The number of Topliss-reactive ketones (excluding diaryl/α,β-unsaturated/α-hetero) is 1. The summed E-state index contributed by atoms with van der Waals surface area (Å²) >= 11 is 0. The van der Waals surface area contributed by atoms with Crippen LogP contribution in [0.2, 0.25) is 0 Å². The van der Waals surface area contributed by atoms with Crippen molar-refractivity contribution in [3.05, 3.63) is 0 Å². The lowest BCUT2D eigenvalue weighted by atomic mass is 9.94. The van der Waals surface area contributed by atoms with Crippen LogP contribution in [0.4, 0.5) is 4.79 Å². The van der Waals surface area contributed by atoms with E-state index in [9.17, 15) is 9.59 Å². The van der Waals surface area contributed by atoms with Gasteiger partial charge in [0.25, 0.3) is 5.78 Å². The summed E-state index contributed by atoms with van der Waals surface area (Å²) in [6.45, 7) is 1.93. The molecule has 0 aromatic heterocycles. The van der Waals surface area contributed by atoms with Gasteiger partial charge in [-0.2, -0.15) is 0 Å². The maximum Gasteiger partial charge on any atom is 0.408 e. The van der Waals surface area contributed by atoms with Crippen LogP contribution >= 0.6 is 0 Å². The molecular formula is C8H12N3O3+. The molecule has 0 aliphatic carbocycles. The minimum atomic E-state index is -1.10. The van der Waals surface area contributed by atoms with Crippen molar-refractivity contribution in [2.45, 2.75) is 25.3 Å². The second kappa shape index (κ2) is 3.59. The van der Waals surface area contributed by atoms with Crippen molar-refractivity contribution in [3.63, 3.8) is 0 Å². The Kier molecular flexibility index (Phi) is 2.67. The predicted molar refractivity (Wildman–Crippen MR) is 46.4 cm³/mol. The van der Waals surface area contributed by atoms with Crippen molar-refractivity contribution in [2.75, 3.05) is 6.54 Å². The molecule has 2 N–H and O–H groups in total. The van der Waals surface area contributed by atoms with Gasteiger partial charge in [-0.25, -0.2) is 4.79 Å². The largest absolute Gasteiger partial charge is 0.465 e. The number of carboxylic acid groups (broad SMARTS) is 1. The van der Waals surface area contributed by atoms with E-state index in [4.69, 9.17) is 10.6 Å². The van der Waals surface area contributed by atoms with E-state index >= 15 is 0 Å². The Hall–Kier alpha value is -1.68. The van der Waals surface area contributed by atoms with Gasteiger partial charge in [0.05, 0.1) is 10.3 Å². The Morgan fingerprint density at radius 1 is 1.64 bits per heavy atom. The van der Waals surface area contributed by atoms with Gasteiger partial charge in [0.2, 0.25) is 0 Å². The second-order valence-electron chi connectivity index (χ2n) is 3.43.